The topological polar surface area (TPSA) is 36.9 Å². The van der Waals surface area contributed by atoms with Crippen LogP contribution in [0.3, 0.4) is 0 Å². The van der Waals surface area contributed by atoms with Crippen LogP contribution in [0.15, 0.2) is 0 Å². The fraction of sp³-hybridized carbons (Fsp3) is 1.00. The summed E-state index contributed by atoms with van der Waals surface area (Å²) < 4.78 is 4.94. The van der Waals surface area contributed by atoms with Gasteiger partial charge in [-0.15, -0.1) is 0 Å². The van der Waals surface area contributed by atoms with Crippen LogP contribution < -0.4 is 0 Å². The Morgan fingerprint density at radius 1 is 0.636 bits per heavy atom. The molecule has 2 rings (SSSR count). The minimum absolute atomic E-state index is 0.653. The number of ether oxygens (including phenoxy) is 1. The molecule has 0 amide bonds. The van der Waals surface area contributed by atoms with Crippen LogP contribution in [-0.2, 0) is 19.6 Å². The van der Waals surface area contributed by atoms with Crippen LogP contribution in [0.25, 0.3) is 0 Å². The van der Waals surface area contributed by atoms with Crippen LogP contribution >= 0.6 is 0 Å². The monoisotopic (exact) mass is 162 g/mol. The van der Waals surface area contributed by atoms with E-state index in [9.17, 15) is 0 Å². The van der Waals surface area contributed by atoms with Crippen LogP contribution in [0.1, 0.15) is 19.3 Å². The number of hydrogen-bond donors (Lipinski definition) is 0. The van der Waals surface area contributed by atoms with E-state index >= 15 is 0 Å². The van der Waals surface area contributed by atoms with E-state index in [1.807, 2.05) is 0 Å². The standard InChI is InChI=1S/C4H8O.C3H6O3/c1-2-4-5-3-1;1-2-4-6-5-3-1/h1-4H2;1-3H2. The molecule has 2 aliphatic rings. The predicted molar refractivity (Wildman–Crippen MR) is 37.7 cm³/mol. The van der Waals surface area contributed by atoms with E-state index in [1.54, 1.807) is 0 Å². The molecule has 0 saturated carbocycles. The Bertz CT molecular complexity index is 59.4. The Labute approximate surface area is 66.2 Å². The third-order valence-corrected chi connectivity index (χ3v) is 1.38. The molecule has 0 aromatic heterocycles. The molecule has 2 aliphatic heterocycles. The lowest BCUT2D eigenvalue weighted by atomic mass is 10.4. The maximum absolute atomic E-state index is 4.94. The minimum atomic E-state index is 0.653. The lowest BCUT2D eigenvalue weighted by Crippen LogP contribution is -2.08. The van der Waals surface area contributed by atoms with Gasteiger partial charge in [-0.3, -0.25) is 0 Å². The molecule has 4 heteroatoms. The van der Waals surface area contributed by atoms with Gasteiger partial charge in [-0.05, 0) is 12.8 Å². The first-order chi connectivity index (χ1) is 5.50. The highest BCUT2D eigenvalue weighted by molar-refractivity contribution is 4.43. The van der Waals surface area contributed by atoms with Crippen molar-refractivity contribution < 1.29 is 19.6 Å². The van der Waals surface area contributed by atoms with Crippen LogP contribution in [0.4, 0.5) is 0 Å². The van der Waals surface area contributed by atoms with Crippen molar-refractivity contribution >= 4 is 0 Å². The van der Waals surface area contributed by atoms with Crippen molar-refractivity contribution in [2.24, 2.45) is 0 Å². The average molecular weight is 162 g/mol. The molecule has 2 fully saturated rings. The van der Waals surface area contributed by atoms with Crippen LogP contribution in [0.2, 0.25) is 0 Å². The van der Waals surface area contributed by atoms with E-state index in [-0.39, 0.29) is 0 Å². The molecule has 0 aromatic carbocycles. The van der Waals surface area contributed by atoms with Gasteiger partial charge in [0.1, 0.15) is 0 Å². The van der Waals surface area contributed by atoms with Gasteiger partial charge in [-0.25, -0.2) is 9.78 Å². The second-order valence-electron chi connectivity index (χ2n) is 2.39. The summed E-state index contributed by atoms with van der Waals surface area (Å²) in [6.07, 6.45) is 3.49. The van der Waals surface area contributed by atoms with Gasteiger partial charge in [0, 0.05) is 19.6 Å². The Morgan fingerprint density at radius 2 is 1.27 bits per heavy atom. The fourth-order valence-electron chi connectivity index (χ4n) is 0.789. The van der Waals surface area contributed by atoms with Gasteiger partial charge in [0.25, 0.3) is 0 Å². The maximum Gasteiger partial charge on any atom is 0.0877 e. The van der Waals surface area contributed by atoms with Crippen LogP contribution in [-0.4, -0.2) is 26.4 Å². The largest absolute Gasteiger partial charge is 0.381 e. The Balaban J connectivity index is 0.000000112. The quantitative estimate of drug-likeness (QED) is 0.499. The number of rotatable bonds is 0. The molecule has 0 unspecified atom stereocenters. The molecule has 0 aromatic rings. The van der Waals surface area contributed by atoms with Crippen molar-refractivity contribution in [3.8, 4) is 0 Å². The first-order valence-corrected chi connectivity index (χ1v) is 3.99. The average Bonchev–Trinajstić information content (AvgIpc) is 2.64. The van der Waals surface area contributed by atoms with Crippen LogP contribution in [0, 0.1) is 0 Å². The molecule has 11 heavy (non-hydrogen) atoms. The first kappa shape index (κ1) is 8.93. The first-order valence-electron chi connectivity index (χ1n) is 3.99. The third-order valence-electron chi connectivity index (χ3n) is 1.38. The number of hydrogen-bond acceptors (Lipinski definition) is 4. The van der Waals surface area contributed by atoms with Gasteiger partial charge in [0.2, 0.25) is 0 Å². The molecule has 0 bridgehead atoms. The van der Waals surface area contributed by atoms with Crippen LogP contribution in [0.5, 0.6) is 0 Å². The summed E-state index contributed by atoms with van der Waals surface area (Å²) in [5.74, 6) is 0. The van der Waals surface area contributed by atoms with Gasteiger partial charge >= 0.3 is 0 Å². The second-order valence-corrected chi connectivity index (χ2v) is 2.39. The Kier molecular flexibility index (Phi) is 5.31. The van der Waals surface area contributed by atoms with E-state index in [1.165, 1.54) is 12.8 Å². The maximum atomic E-state index is 4.94. The summed E-state index contributed by atoms with van der Waals surface area (Å²) in [7, 11) is 0. The minimum Gasteiger partial charge on any atom is -0.381 e. The van der Waals surface area contributed by atoms with Crippen molar-refractivity contribution in [1.82, 2.24) is 0 Å². The smallest absolute Gasteiger partial charge is 0.0877 e. The molecule has 0 N–H and O–H groups in total. The summed E-state index contributed by atoms with van der Waals surface area (Å²) in [6, 6.07) is 0. The van der Waals surface area contributed by atoms with Gasteiger partial charge in [0.05, 0.1) is 13.2 Å². The Morgan fingerprint density at radius 3 is 1.45 bits per heavy atom. The second kappa shape index (κ2) is 6.54. The zero-order chi connectivity index (χ0) is 7.78. The van der Waals surface area contributed by atoms with Crippen molar-refractivity contribution in [1.29, 1.82) is 0 Å². The van der Waals surface area contributed by atoms with Gasteiger partial charge in [-0.2, -0.15) is 0 Å². The predicted octanol–water partition coefficient (Wildman–Crippen LogP) is 1.07. The SMILES string of the molecule is C1CCOC1.C1COOOC1. The summed E-state index contributed by atoms with van der Waals surface area (Å²) in [5, 5.41) is 4.07. The van der Waals surface area contributed by atoms with E-state index < -0.39 is 0 Å². The molecule has 2 heterocycles. The fourth-order valence-corrected chi connectivity index (χ4v) is 0.789. The van der Waals surface area contributed by atoms with Gasteiger partial charge in [-0.1, -0.05) is 5.04 Å². The highest BCUT2D eigenvalue weighted by atomic mass is 17.5. The highest BCUT2D eigenvalue weighted by Crippen LogP contribution is 1.98. The van der Waals surface area contributed by atoms with Crippen molar-refractivity contribution in [3.05, 3.63) is 0 Å². The normalized spacial score (nSPS) is 24.0. The van der Waals surface area contributed by atoms with E-state index in [0.29, 0.717) is 13.2 Å². The molecule has 0 aliphatic carbocycles. The summed E-state index contributed by atoms with van der Waals surface area (Å²) in [6.45, 7) is 3.31. The zero-order valence-corrected chi connectivity index (χ0v) is 6.58. The molecule has 0 atom stereocenters. The highest BCUT2D eigenvalue weighted by Gasteiger charge is 1.96. The van der Waals surface area contributed by atoms with E-state index in [0.717, 1.165) is 19.6 Å². The summed E-state index contributed by atoms with van der Waals surface area (Å²) in [4.78, 5) is 8.69. The lowest BCUT2D eigenvalue weighted by molar-refractivity contribution is -0.532. The summed E-state index contributed by atoms with van der Waals surface area (Å²) in [5.41, 5.74) is 0. The summed E-state index contributed by atoms with van der Waals surface area (Å²) >= 11 is 0. The molecular weight excluding hydrogens is 148 g/mol. The van der Waals surface area contributed by atoms with E-state index in [2.05, 4.69) is 14.8 Å². The molecule has 66 valence electrons. The van der Waals surface area contributed by atoms with Gasteiger partial charge in [0.15, 0.2) is 0 Å². The van der Waals surface area contributed by atoms with Gasteiger partial charge < -0.3 is 4.74 Å². The zero-order valence-electron chi connectivity index (χ0n) is 6.58. The lowest BCUT2D eigenvalue weighted by Gasteiger charge is -2.06. The molecule has 0 spiro atoms. The molecule has 4 nitrogen and oxygen atoms in total. The van der Waals surface area contributed by atoms with Crippen molar-refractivity contribution in [2.75, 3.05) is 26.4 Å². The van der Waals surface area contributed by atoms with Crippen molar-refractivity contribution in [3.63, 3.8) is 0 Å². The van der Waals surface area contributed by atoms with E-state index in [4.69, 9.17) is 4.74 Å². The van der Waals surface area contributed by atoms with Crippen molar-refractivity contribution in [2.45, 2.75) is 19.3 Å². The molecule has 2 saturated heterocycles. The molecular formula is C7H14O4. The Hall–Kier alpha value is -0.160. The third kappa shape index (κ3) is 5.15. The molecule has 0 radical (unpaired) electrons.